The zero-order chi connectivity index (χ0) is 19.1. The molecule has 0 spiro atoms. The van der Waals surface area contributed by atoms with E-state index in [2.05, 4.69) is 9.97 Å². The van der Waals surface area contributed by atoms with Gasteiger partial charge < -0.3 is 8.98 Å². The number of fused-ring (bicyclic) bond motifs is 2. The van der Waals surface area contributed by atoms with Crippen molar-refractivity contribution in [2.75, 3.05) is 0 Å². The molecule has 0 aliphatic carbocycles. The van der Waals surface area contributed by atoms with Crippen LogP contribution in [0.25, 0.3) is 27.5 Å². The summed E-state index contributed by atoms with van der Waals surface area (Å²) in [5, 5.41) is 0.783. The highest BCUT2D eigenvalue weighted by Gasteiger charge is 2.11. The molecule has 0 aliphatic heterocycles. The number of furan rings is 1. The number of hydrogen-bond donors (Lipinski definition) is 0. The van der Waals surface area contributed by atoms with Crippen LogP contribution in [0, 0.1) is 0 Å². The van der Waals surface area contributed by atoms with Crippen molar-refractivity contribution < 1.29 is 4.42 Å². The number of aromatic nitrogens is 4. The van der Waals surface area contributed by atoms with Gasteiger partial charge in [-0.05, 0) is 42.5 Å². The Labute approximate surface area is 158 Å². The van der Waals surface area contributed by atoms with Crippen LogP contribution in [0.2, 0.25) is 0 Å². The first kappa shape index (κ1) is 16.2. The smallest absolute Gasteiger partial charge is 0.264 e. The van der Waals surface area contributed by atoms with E-state index >= 15 is 0 Å². The SMILES string of the molecule is O=c1c2cc3c(=O)n(-c4ccncc4)ccc3nc2ccn1Cc1ccco1. The molecule has 0 aromatic carbocycles. The first-order chi connectivity index (χ1) is 13.7. The molecule has 0 radical (unpaired) electrons. The number of pyridine rings is 4. The minimum atomic E-state index is -0.237. The minimum absolute atomic E-state index is 0.220. The molecule has 0 fully saturated rings. The lowest BCUT2D eigenvalue weighted by Crippen LogP contribution is -2.22. The summed E-state index contributed by atoms with van der Waals surface area (Å²) in [5.41, 5.74) is 1.34. The molecule has 5 heterocycles. The lowest BCUT2D eigenvalue weighted by Gasteiger charge is -2.09. The molecule has 136 valence electrons. The van der Waals surface area contributed by atoms with Crippen LogP contribution < -0.4 is 11.1 Å². The molecule has 0 unspecified atom stereocenters. The highest BCUT2D eigenvalue weighted by molar-refractivity contribution is 5.91. The van der Waals surface area contributed by atoms with Crippen molar-refractivity contribution in [3.05, 3.63) is 100.0 Å². The second kappa shape index (κ2) is 6.31. The molecule has 0 saturated carbocycles. The number of hydrogen-bond acceptors (Lipinski definition) is 5. The molecule has 28 heavy (non-hydrogen) atoms. The average Bonchev–Trinajstić information content (AvgIpc) is 3.24. The largest absolute Gasteiger partial charge is 0.467 e. The van der Waals surface area contributed by atoms with Gasteiger partial charge in [0, 0.05) is 24.8 Å². The van der Waals surface area contributed by atoms with Crippen LogP contribution in [0.15, 0.2) is 87.5 Å². The van der Waals surface area contributed by atoms with Gasteiger partial charge in [0.2, 0.25) is 0 Å². The summed E-state index contributed by atoms with van der Waals surface area (Å²) < 4.78 is 8.38. The van der Waals surface area contributed by atoms with Crippen LogP contribution in [0.3, 0.4) is 0 Å². The summed E-state index contributed by atoms with van der Waals surface area (Å²) in [6.45, 7) is 0.315. The molecule has 0 amide bonds. The monoisotopic (exact) mass is 370 g/mol. The normalized spacial score (nSPS) is 11.3. The van der Waals surface area contributed by atoms with Crippen LogP contribution in [-0.4, -0.2) is 19.1 Å². The van der Waals surface area contributed by atoms with Crippen molar-refractivity contribution in [1.82, 2.24) is 19.1 Å². The van der Waals surface area contributed by atoms with Crippen molar-refractivity contribution in [2.45, 2.75) is 6.54 Å². The zero-order valence-electron chi connectivity index (χ0n) is 14.6. The second-order valence-electron chi connectivity index (χ2n) is 6.38. The van der Waals surface area contributed by atoms with Gasteiger partial charge in [-0.15, -0.1) is 0 Å². The van der Waals surface area contributed by atoms with E-state index in [1.54, 1.807) is 72.0 Å². The van der Waals surface area contributed by atoms with Gasteiger partial charge in [-0.3, -0.25) is 19.1 Å². The predicted molar refractivity (Wildman–Crippen MR) is 105 cm³/mol. The number of rotatable bonds is 3. The maximum absolute atomic E-state index is 13.0. The standard InChI is InChI=1S/C21H14N4O3/c26-20-16-12-17-19(6-10-25(21(17)27)14-3-7-22-8-4-14)23-18(16)5-9-24(20)13-15-2-1-11-28-15/h1-12H,13H2. The zero-order valence-corrected chi connectivity index (χ0v) is 14.6. The molecule has 0 N–H and O–H groups in total. The summed E-state index contributed by atoms with van der Waals surface area (Å²) in [4.78, 5) is 34.4. The van der Waals surface area contributed by atoms with E-state index in [4.69, 9.17) is 4.42 Å². The summed E-state index contributed by atoms with van der Waals surface area (Å²) in [7, 11) is 0. The highest BCUT2D eigenvalue weighted by atomic mass is 16.3. The molecule has 0 atom stereocenters. The van der Waals surface area contributed by atoms with Crippen LogP contribution in [0.5, 0.6) is 0 Å². The molecular weight excluding hydrogens is 356 g/mol. The van der Waals surface area contributed by atoms with Crippen molar-refractivity contribution >= 4 is 21.8 Å². The first-order valence-corrected chi connectivity index (χ1v) is 8.69. The van der Waals surface area contributed by atoms with E-state index in [0.717, 1.165) is 0 Å². The molecular formula is C21H14N4O3. The average molecular weight is 370 g/mol. The van der Waals surface area contributed by atoms with Crippen molar-refractivity contribution in [1.29, 1.82) is 0 Å². The van der Waals surface area contributed by atoms with Gasteiger partial charge in [0.05, 0.1) is 40.3 Å². The van der Waals surface area contributed by atoms with Gasteiger partial charge in [-0.25, -0.2) is 4.98 Å². The Morgan fingerprint density at radius 3 is 2.39 bits per heavy atom. The molecule has 0 aliphatic rings. The Morgan fingerprint density at radius 2 is 1.64 bits per heavy atom. The lowest BCUT2D eigenvalue weighted by molar-refractivity contribution is 0.490. The third-order valence-corrected chi connectivity index (χ3v) is 4.66. The topological polar surface area (TPSA) is 82.9 Å². The van der Waals surface area contributed by atoms with E-state index in [1.165, 1.54) is 4.57 Å². The fourth-order valence-electron chi connectivity index (χ4n) is 3.27. The van der Waals surface area contributed by atoms with Gasteiger partial charge in [0.25, 0.3) is 11.1 Å². The maximum Gasteiger partial charge on any atom is 0.264 e. The van der Waals surface area contributed by atoms with E-state index < -0.39 is 0 Å². The quantitative estimate of drug-likeness (QED) is 0.456. The van der Waals surface area contributed by atoms with Crippen LogP contribution in [-0.2, 0) is 6.54 Å². The van der Waals surface area contributed by atoms with E-state index in [9.17, 15) is 9.59 Å². The Morgan fingerprint density at radius 1 is 0.893 bits per heavy atom. The van der Waals surface area contributed by atoms with Crippen LogP contribution in [0.1, 0.15) is 5.76 Å². The van der Waals surface area contributed by atoms with E-state index in [-0.39, 0.29) is 11.1 Å². The molecule has 0 bridgehead atoms. The lowest BCUT2D eigenvalue weighted by atomic mass is 10.2. The molecule has 5 aromatic heterocycles. The van der Waals surface area contributed by atoms with Gasteiger partial charge in [0.1, 0.15) is 5.76 Å². The molecule has 0 saturated heterocycles. The van der Waals surface area contributed by atoms with Gasteiger partial charge in [0.15, 0.2) is 0 Å². The molecule has 5 rings (SSSR count). The summed E-state index contributed by atoms with van der Waals surface area (Å²) in [6, 6.07) is 12.2. The highest BCUT2D eigenvalue weighted by Crippen LogP contribution is 2.16. The summed E-state index contributed by atoms with van der Waals surface area (Å²) in [5.74, 6) is 0.676. The number of nitrogens with zero attached hydrogens (tertiary/aromatic N) is 4. The fourth-order valence-corrected chi connectivity index (χ4v) is 3.27. The van der Waals surface area contributed by atoms with E-state index in [1.807, 2.05) is 6.07 Å². The van der Waals surface area contributed by atoms with Crippen LogP contribution >= 0.6 is 0 Å². The predicted octanol–water partition coefficient (Wildman–Crippen LogP) is 2.74. The second-order valence-corrected chi connectivity index (χ2v) is 6.38. The minimum Gasteiger partial charge on any atom is -0.467 e. The fraction of sp³-hybridized carbons (Fsp3) is 0.0476. The first-order valence-electron chi connectivity index (χ1n) is 8.69. The molecule has 7 nitrogen and oxygen atoms in total. The van der Waals surface area contributed by atoms with Crippen molar-refractivity contribution in [2.24, 2.45) is 0 Å². The van der Waals surface area contributed by atoms with E-state index in [0.29, 0.717) is 39.8 Å². The Balaban J connectivity index is 1.72. The van der Waals surface area contributed by atoms with Crippen molar-refractivity contribution in [3.8, 4) is 5.69 Å². The summed E-state index contributed by atoms with van der Waals surface area (Å²) in [6.07, 6.45) is 8.18. The summed E-state index contributed by atoms with van der Waals surface area (Å²) >= 11 is 0. The van der Waals surface area contributed by atoms with Gasteiger partial charge >= 0.3 is 0 Å². The Hall–Kier alpha value is -4.00. The Kier molecular flexibility index (Phi) is 3.65. The molecule has 7 heteroatoms. The van der Waals surface area contributed by atoms with Crippen molar-refractivity contribution in [3.63, 3.8) is 0 Å². The van der Waals surface area contributed by atoms with Crippen LogP contribution in [0.4, 0.5) is 0 Å². The molecule has 5 aromatic rings. The third-order valence-electron chi connectivity index (χ3n) is 4.66. The maximum atomic E-state index is 13.0. The third kappa shape index (κ3) is 2.61. The van der Waals surface area contributed by atoms with Gasteiger partial charge in [-0.1, -0.05) is 0 Å². The van der Waals surface area contributed by atoms with Gasteiger partial charge in [-0.2, -0.15) is 0 Å². The Bertz CT molecular complexity index is 1420.